The van der Waals surface area contributed by atoms with E-state index in [1.807, 2.05) is 36.5 Å². The van der Waals surface area contributed by atoms with Crippen molar-refractivity contribution in [1.82, 2.24) is 10.3 Å². The molecule has 1 N–H and O–H groups in total. The molecule has 2 amide bonds. The predicted molar refractivity (Wildman–Crippen MR) is 107 cm³/mol. The van der Waals surface area contributed by atoms with Gasteiger partial charge in [0.05, 0.1) is 6.61 Å². The number of nitrogens with zero attached hydrogens (tertiary/aromatic N) is 1. The van der Waals surface area contributed by atoms with Crippen LogP contribution in [0.1, 0.15) is 23.7 Å². The highest BCUT2D eigenvalue weighted by molar-refractivity contribution is 8.16. The van der Waals surface area contributed by atoms with Crippen molar-refractivity contribution in [3.05, 3.63) is 72.1 Å². The van der Waals surface area contributed by atoms with E-state index in [9.17, 15) is 9.59 Å². The van der Waals surface area contributed by atoms with E-state index in [0.717, 1.165) is 41.6 Å². The fraction of sp³-hybridized carbons (Fsp3) is 0.286. The molecule has 1 saturated heterocycles. The topological polar surface area (TPSA) is 68.3 Å². The first-order valence-corrected chi connectivity index (χ1v) is 9.70. The Bertz CT molecular complexity index is 834. The second-order valence-electron chi connectivity index (χ2n) is 6.37. The number of carbonyl (C=O) groups excluding carboxylic acids is 2. The molecule has 0 radical (unpaired) electrons. The van der Waals surface area contributed by atoms with Gasteiger partial charge in [0.25, 0.3) is 5.24 Å². The lowest BCUT2D eigenvalue weighted by atomic mass is 9.97. The number of rotatable bonds is 8. The first-order chi connectivity index (χ1) is 13.0. The Kier molecular flexibility index (Phi) is 5.96. The molecule has 6 heteroatoms. The molecule has 1 aliphatic heterocycles. The highest BCUT2D eigenvalue weighted by Crippen LogP contribution is 2.36. The number of ether oxygens (including phenoxy) is 1. The molecule has 2 heterocycles. The number of thioether (sulfide) groups is 1. The minimum atomic E-state index is -0.935. The summed E-state index contributed by atoms with van der Waals surface area (Å²) >= 11 is 0.978. The van der Waals surface area contributed by atoms with Crippen molar-refractivity contribution in [2.24, 2.45) is 0 Å². The third kappa shape index (κ3) is 4.57. The molecule has 0 bridgehead atoms. The van der Waals surface area contributed by atoms with E-state index < -0.39 is 4.75 Å². The van der Waals surface area contributed by atoms with Gasteiger partial charge in [0.2, 0.25) is 5.91 Å². The Balaban J connectivity index is 1.54. The summed E-state index contributed by atoms with van der Waals surface area (Å²) in [6, 6.07) is 11.7. The van der Waals surface area contributed by atoms with Crippen LogP contribution in [0.3, 0.4) is 0 Å². The lowest BCUT2D eigenvalue weighted by Gasteiger charge is -2.19. The number of hydrogen-bond acceptors (Lipinski definition) is 5. The van der Waals surface area contributed by atoms with Crippen LogP contribution in [0.25, 0.3) is 0 Å². The molecule has 1 aromatic heterocycles. The summed E-state index contributed by atoms with van der Waals surface area (Å²) in [5.74, 6) is 0.450. The van der Waals surface area contributed by atoms with Crippen molar-refractivity contribution in [3.63, 3.8) is 0 Å². The molecule has 1 aromatic carbocycles. The van der Waals surface area contributed by atoms with Gasteiger partial charge >= 0.3 is 0 Å². The van der Waals surface area contributed by atoms with Crippen molar-refractivity contribution >= 4 is 22.9 Å². The van der Waals surface area contributed by atoms with E-state index in [1.165, 1.54) is 5.56 Å². The number of benzene rings is 1. The van der Waals surface area contributed by atoms with Crippen molar-refractivity contribution < 1.29 is 14.3 Å². The minimum Gasteiger partial charge on any atom is -0.493 e. The van der Waals surface area contributed by atoms with Gasteiger partial charge in [-0.05, 0) is 47.5 Å². The average Bonchev–Trinajstić information content (AvgIpc) is 2.97. The third-order valence-corrected chi connectivity index (χ3v) is 5.66. The normalized spacial score (nSPS) is 19.0. The zero-order valence-corrected chi connectivity index (χ0v) is 16.1. The zero-order chi connectivity index (χ0) is 19.3. The highest BCUT2D eigenvalue weighted by Gasteiger charge is 2.45. The van der Waals surface area contributed by atoms with Crippen LogP contribution in [0, 0.1) is 0 Å². The van der Waals surface area contributed by atoms with Crippen molar-refractivity contribution in [2.45, 2.75) is 30.9 Å². The maximum atomic E-state index is 12.1. The molecule has 0 aliphatic carbocycles. The van der Waals surface area contributed by atoms with Gasteiger partial charge in [-0.2, -0.15) is 0 Å². The molecule has 1 aliphatic rings. The molecule has 1 unspecified atom stereocenters. The Morgan fingerprint density at radius 1 is 1.19 bits per heavy atom. The molecule has 1 atom stereocenters. The first-order valence-electron chi connectivity index (χ1n) is 8.88. The van der Waals surface area contributed by atoms with Gasteiger partial charge in [-0.1, -0.05) is 31.2 Å². The molecule has 5 nitrogen and oxygen atoms in total. The summed E-state index contributed by atoms with van der Waals surface area (Å²) in [6.45, 7) is 6.38. The standard InChI is InChI=1S/C21H22N2O3S/c1-3-15-5-8-17(22-14-15)11-12-26-18-9-6-16(7-10-18)13-21(4-2)19(24)23-20(25)27-21/h4-10,14H,2-3,11-13H2,1H3,(H,23,24,25). The number of hydrogen-bond donors (Lipinski definition) is 1. The summed E-state index contributed by atoms with van der Waals surface area (Å²) < 4.78 is 4.85. The fourth-order valence-corrected chi connectivity index (χ4v) is 3.79. The van der Waals surface area contributed by atoms with Gasteiger partial charge in [-0.3, -0.25) is 19.9 Å². The second-order valence-corrected chi connectivity index (χ2v) is 7.67. The average molecular weight is 382 g/mol. The molecule has 27 heavy (non-hydrogen) atoms. The van der Waals surface area contributed by atoms with Crippen LogP contribution in [-0.4, -0.2) is 27.5 Å². The molecule has 140 valence electrons. The Morgan fingerprint density at radius 3 is 2.48 bits per heavy atom. The lowest BCUT2D eigenvalue weighted by Crippen LogP contribution is -2.36. The maximum absolute atomic E-state index is 12.1. The lowest BCUT2D eigenvalue weighted by molar-refractivity contribution is -0.120. The number of aromatic nitrogens is 1. The number of imide groups is 1. The van der Waals surface area contributed by atoms with E-state index in [2.05, 4.69) is 29.9 Å². The van der Waals surface area contributed by atoms with Gasteiger partial charge < -0.3 is 4.74 Å². The van der Waals surface area contributed by atoms with Gasteiger partial charge in [-0.25, -0.2) is 0 Å². The van der Waals surface area contributed by atoms with Crippen LogP contribution in [0.2, 0.25) is 0 Å². The number of amides is 2. The number of pyridine rings is 1. The largest absolute Gasteiger partial charge is 0.493 e. The quantitative estimate of drug-likeness (QED) is 0.705. The van der Waals surface area contributed by atoms with Crippen molar-refractivity contribution in [2.75, 3.05) is 6.61 Å². The highest BCUT2D eigenvalue weighted by atomic mass is 32.2. The third-order valence-electron chi connectivity index (χ3n) is 4.52. The molecule has 0 saturated carbocycles. The molecule has 2 aromatic rings. The predicted octanol–water partition coefficient (Wildman–Crippen LogP) is 3.72. The Morgan fingerprint density at radius 2 is 1.93 bits per heavy atom. The van der Waals surface area contributed by atoms with E-state index in [-0.39, 0.29) is 11.1 Å². The van der Waals surface area contributed by atoms with Crippen molar-refractivity contribution in [3.8, 4) is 5.75 Å². The van der Waals surface area contributed by atoms with E-state index in [1.54, 1.807) is 6.08 Å². The SMILES string of the molecule is C=CC1(Cc2ccc(OCCc3ccc(CC)cn3)cc2)SC(=O)NC1=O. The first kappa shape index (κ1) is 19.2. The number of aryl methyl sites for hydroxylation is 1. The summed E-state index contributed by atoms with van der Waals surface area (Å²) in [4.78, 5) is 28.0. The van der Waals surface area contributed by atoms with Gasteiger partial charge in [0, 0.05) is 24.7 Å². The Labute approximate surface area is 163 Å². The van der Waals surface area contributed by atoms with Gasteiger partial charge in [0.15, 0.2) is 0 Å². The van der Waals surface area contributed by atoms with Crippen LogP contribution in [0.5, 0.6) is 5.75 Å². The second kappa shape index (κ2) is 8.39. The van der Waals surface area contributed by atoms with Crippen LogP contribution in [0.15, 0.2) is 55.3 Å². The summed E-state index contributed by atoms with van der Waals surface area (Å²) in [5, 5.41) is 1.99. The van der Waals surface area contributed by atoms with E-state index in [4.69, 9.17) is 4.74 Å². The van der Waals surface area contributed by atoms with E-state index in [0.29, 0.717) is 13.0 Å². The van der Waals surface area contributed by atoms with Gasteiger partial charge in [0.1, 0.15) is 10.5 Å². The maximum Gasteiger partial charge on any atom is 0.287 e. The molecular formula is C21H22N2O3S. The fourth-order valence-electron chi connectivity index (χ4n) is 2.85. The molecule has 1 fully saturated rings. The number of nitrogens with one attached hydrogen (secondary N) is 1. The molecular weight excluding hydrogens is 360 g/mol. The van der Waals surface area contributed by atoms with Crippen LogP contribution >= 0.6 is 11.8 Å². The van der Waals surface area contributed by atoms with Gasteiger partial charge in [-0.15, -0.1) is 6.58 Å². The van der Waals surface area contributed by atoms with Crippen LogP contribution in [-0.2, 0) is 24.1 Å². The molecule has 3 rings (SSSR count). The summed E-state index contributed by atoms with van der Waals surface area (Å²) in [5.41, 5.74) is 3.17. The van der Waals surface area contributed by atoms with Crippen LogP contribution < -0.4 is 10.1 Å². The smallest absolute Gasteiger partial charge is 0.287 e. The monoisotopic (exact) mass is 382 g/mol. The summed E-state index contributed by atoms with van der Waals surface area (Å²) in [7, 11) is 0. The van der Waals surface area contributed by atoms with E-state index >= 15 is 0 Å². The minimum absolute atomic E-state index is 0.311. The van der Waals surface area contributed by atoms with Crippen LogP contribution in [0.4, 0.5) is 4.79 Å². The summed E-state index contributed by atoms with van der Waals surface area (Å²) in [6.07, 6.45) is 5.58. The Hall–Kier alpha value is -2.60. The zero-order valence-electron chi connectivity index (χ0n) is 15.2. The number of carbonyl (C=O) groups is 2. The molecule has 0 spiro atoms. The van der Waals surface area contributed by atoms with Crippen molar-refractivity contribution in [1.29, 1.82) is 0 Å².